The lowest BCUT2D eigenvalue weighted by Crippen LogP contribution is -2.30. The number of ketones is 1. The van der Waals surface area contributed by atoms with E-state index in [0.717, 1.165) is 0 Å². The molecule has 4 rings (SSSR count). The highest BCUT2D eigenvalue weighted by Crippen LogP contribution is 2.28. The van der Waals surface area contributed by atoms with Crippen molar-refractivity contribution in [2.45, 2.75) is 0 Å². The van der Waals surface area contributed by atoms with Crippen LogP contribution in [-0.4, -0.2) is 31.8 Å². The van der Waals surface area contributed by atoms with Crippen LogP contribution in [0.15, 0.2) is 103 Å². The lowest BCUT2D eigenvalue weighted by molar-refractivity contribution is -0.113. The summed E-state index contributed by atoms with van der Waals surface area (Å²) in [5.74, 6) is -0.0896. The Hall–Kier alpha value is -4.85. The molecule has 2 amide bonds. The summed E-state index contributed by atoms with van der Waals surface area (Å²) in [6, 6.07) is 25.1. The van der Waals surface area contributed by atoms with Gasteiger partial charge in [-0.25, -0.2) is 0 Å². The van der Waals surface area contributed by atoms with Crippen LogP contribution in [0.4, 0.5) is 5.69 Å². The minimum Gasteiger partial charge on any atom is -0.497 e. The van der Waals surface area contributed by atoms with Crippen molar-refractivity contribution in [2.24, 2.45) is 0 Å². The van der Waals surface area contributed by atoms with Crippen LogP contribution >= 0.6 is 23.2 Å². The maximum absolute atomic E-state index is 13.3. The number of hydrogen-bond acceptors (Lipinski definition) is 5. The third-order valence-electron chi connectivity index (χ3n) is 6.09. The Bertz CT molecular complexity index is 1670. The summed E-state index contributed by atoms with van der Waals surface area (Å²) in [7, 11) is 3.11. The average molecular weight is 601 g/mol. The molecule has 0 aliphatic rings. The molecule has 0 unspecified atom stereocenters. The third kappa shape index (κ3) is 7.66. The molecule has 0 spiro atoms. The number of hydrogen-bond donors (Lipinski definition) is 2. The molecule has 0 atom stereocenters. The van der Waals surface area contributed by atoms with E-state index in [9.17, 15) is 14.4 Å². The summed E-state index contributed by atoms with van der Waals surface area (Å²) in [6.07, 6.45) is 4.52. The van der Waals surface area contributed by atoms with Gasteiger partial charge in [0.1, 0.15) is 17.2 Å². The molecule has 0 bridgehead atoms. The van der Waals surface area contributed by atoms with E-state index in [4.69, 9.17) is 32.7 Å². The van der Waals surface area contributed by atoms with Gasteiger partial charge in [-0.1, -0.05) is 53.5 Å². The zero-order valence-corrected chi connectivity index (χ0v) is 24.2. The van der Waals surface area contributed by atoms with Gasteiger partial charge in [0.25, 0.3) is 11.8 Å². The van der Waals surface area contributed by atoms with Gasteiger partial charge in [-0.3, -0.25) is 14.4 Å². The van der Waals surface area contributed by atoms with Gasteiger partial charge in [-0.15, -0.1) is 0 Å². The largest absolute Gasteiger partial charge is 0.497 e. The van der Waals surface area contributed by atoms with Crippen molar-refractivity contribution < 1.29 is 23.9 Å². The molecule has 7 nitrogen and oxygen atoms in total. The number of anilines is 1. The van der Waals surface area contributed by atoms with E-state index in [0.29, 0.717) is 44.5 Å². The molecular formula is C33H26Cl2N2O5. The number of nitrogens with one attached hydrogen (secondary N) is 2. The SMILES string of the molecule is COc1ccc(OC)c(/C=C/C(=O)c2ccc(NC(=O)/C(=C/c3cccc(Cl)c3Cl)NC(=O)c3ccccc3)cc2)c1. The Morgan fingerprint density at radius 1 is 0.762 bits per heavy atom. The minimum absolute atomic E-state index is 0.0525. The van der Waals surface area contributed by atoms with Crippen LogP contribution in [0.1, 0.15) is 31.8 Å². The molecule has 4 aromatic rings. The lowest BCUT2D eigenvalue weighted by Gasteiger charge is -2.12. The topological polar surface area (TPSA) is 93.7 Å². The summed E-state index contributed by atoms with van der Waals surface area (Å²) in [6.45, 7) is 0. The fourth-order valence-electron chi connectivity index (χ4n) is 3.88. The van der Waals surface area contributed by atoms with E-state index in [1.807, 2.05) is 0 Å². The molecule has 0 saturated carbocycles. The number of methoxy groups -OCH3 is 2. The molecule has 0 aromatic heterocycles. The maximum Gasteiger partial charge on any atom is 0.272 e. The van der Waals surface area contributed by atoms with E-state index in [-0.39, 0.29) is 16.5 Å². The highest BCUT2D eigenvalue weighted by molar-refractivity contribution is 6.43. The molecule has 0 saturated heterocycles. The summed E-state index contributed by atoms with van der Waals surface area (Å²) in [5.41, 5.74) is 2.27. The van der Waals surface area contributed by atoms with Crippen LogP contribution in [0.3, 0.4) is 0 Å². The van der Waals surface area contributed by atoms with Gasteiger partial charge in [-0.2, -0.15) is 0 Å². The number of carbonyl (C=O) groups excluding carboxylic acids is 3. The van der Waals surface area contributed by atoms with Crippen molar-refractivity contribution in [1.29, 1.82) is 0 Å². The molecule has 0 aliphatic carbocycles. The van der Waals surface area contributed by atoms with Crippen molar-refractivity contribution in [2.75, 3.05) is 19.5 Å². The third-order valence-corrected chi connectivity index (χ3v) is 6.92. The summed E-state index contributed by atoms with van der Waals surface area (Å²) >= 11 is 12.5. The van der Waals surface area contributed by atoms with Gasteiger partial charge in [0.05, 0.1) is 24.3 Å². The Balaban J connectivity index is 1.52. The summed E-state index contributed by atoms with van der Waals surface area (Å²) in [4.78, 5) is 39.0. The number of allylic oxidation sites excluding steroid dienone is 1. The fourth-order valence-corrected chi connectivity index (χ4v) is 4.24. The molecule has 2 N–H and O–H groups in total. The van der Waals surface area contributed by atoms with Crippen molar-refractivity contribution in [3.05, 3.63) is 135 Å². The number of halogens is 2. The maximum atomic E-state index is 13.3. The first-order valence-corrected chi connectivity index (χ1v) is 13.4. The minimum atomic E-state index is -0.598. The van der Waals surface area contributed by atoms with Gasteiger partial charge >= 0.3 is 0 Å². The zero-order valence-electron chi connectivity index (χ0n) is 22.7. The zero-order chi connectivity index (χ0) is 30.1. The van der Waals surface area contributed by atoms with Crippen LogP contribution < -0.4 is 20.1 Å². The lowest BCUT2D eigenvalue weighted by atomic mass is 10.1. The van der Waals surface area contributed by atoms with E-state index in [2.05, 4.69) is 10.6 Å². The molecular weight excluding hydrogens is 575 g/mol. The van der Waals surface area contributed by atoms with Gasteiger partial charge in [0.2, 0.25) is 0 Å². The normalized spacial score (nSPS) is 11.2. The first-order chi connectivity index (χ1) is 20.3. The van der Waals surface area contributed by atoms with Gasteiger partial charge in [0, 0.05) is 22.4 Å². The Kier molecular flexibility index (Phi) is 10.2. The monoisotopic (exact) mass is 600 g/mol. The number of amides is 2. The molecule has 212 valence electrons. The molecule has 0 aliphatic heterocycles. The van der Waals surface area contributed by atoms with Crippen LogP contribution in [0.5, 0.6) is 11.5 Å². The van der Waals surface area contributed by atoms with E-state index in [1.54, 1.807) is 111 Å². The Morgan fingerprint density at radius 3 is 2.19 bits per heavy atom. The average Bonchev–Trinajstić information content (AvgIpc) is 3.02. The quantitative estimate of drug-likeness (QED) is 0.147. The molecule has 4 aromatic carbocycles. The summed E-state index contributed by atoms with van der Waals surface area (Å²) in [5, 5.41) is 5.94. The smallest absolute Gasteiger partial charge is 0.272 e. The predicted molar refractivity (Wildman–Crippen MR) is 166 cm³/mol. The second-order valence-corrected chi connectivity index (χ2v) is 9.64. The first kappa shape index (κ1) is 30.1. The number of ether oxygens (including phenoxy) is 2. The molecule has 0 fully saturated rings. The highest BCUT2D eigenvalue weighted by atomic mass is 35.5. The van der Waals surface area contributed by atoms with Gasteiger partial charge in [0.15, 0.2) is 5.78 Å². The molecule has 9 heteroatoms. The van der Waals surface area contributed by atoms with Crippen LogP contribution in [0, 0.1) is 0 Å². The Morgan fingerprint density at radius 2 is 1.50 bits per heavy atom. The predicted octanol–water partition coefficient (Wildman–Crippen LogP) is 7.32. The second kappa shape index (κ2) is 14.2. The van der Waals surface area contributed by atoms with Crippen LogP contribution in [0.25, 0.3) is 12.2 Å². The van der Waals surface area contributed by atoms with Crippen molar-refractivity contribution in [3.8, 4) is 11.5 Å². The first-order valence-electron chi connectivity index (χ1n) is 12.7. The molecule has 42 heavy (non-hydrogen) atoms. The van der Waals surface area contributed by atoms with Crippen molar-refractivity contribution in [1.82, 2.24) is 5.32 Å². The molecule has 0 heterocycles. The van der Waals surface area contributed by atoms with Crippen LogP contribution in [0.2, 0.25) is 10.0 Å². The van der Waals surface area contributed by atoms with Gasteiger partial charge < -0.3 is 20.1 Å². The van der Waals surface area contributed by atoms with E-state index >= 15 is 0 Å². The number of benzene rings is 4. The number of carbonyl (C=O) groups is 3. The van der Waals surface area contributed by atoms with Crippen LogP contribution in [-0.2, 0) is 4.79 Å². The van der Waals surface area contributed by atoms with Gasteiger partial charge in [-0.05, 0) is 84.5 Å². The summed E-state index contributed by atoms with van der Waals surface area (Å²) < 4.78 is 10.6. The highest BCUT2D eigenvalue weighted by Gasteiger charge is 2.16. The number of rotatable bonds is 10. The van der Waals surface area contributed by atoms with E-state index in [1.165, 1.54) is 12.2 Å². The Labute approximate surface area is 253 Å². The van der Waals surface area contributed by atoms with Crippen molar-refractivity contribution >= 4 is 58.6 Å². The van der Waals surface area contributed by atoms with Crippen molar-refractivity contribution in [3.63, 3.8) is 0 Å². The molecule has 0 radical (unpaired) electrons. The second-order valence-electron chi connectivity index (χ2n) is 8.86. The van der Waals surface area contributed by atoms with E-state index < -0.39 is 11.8 Å². The fraction of sp³-hybridized carbons (Fsp3) is 0.0606. The standard InChI is InChI=1S/C33H26Cl2N2O5/c1-41-26-16-18-30(42-2)23(19-26)13-17-29(38)21-11-14-25(15-12-21)36-33(40)28(20-24-9-6-10-27(34)31(24)35)37-32(39)22-7-4-3-5-8-22/h3-20H,1-2H3,(H,36,40)(H,37,39)/b17-13+,28-20-.